The number of methoxy groups -OCH3 is 1. The number of hydrogen-bond acceptors (Lipinski definition) is 5. The zero-order chi connectivity index (χ0) is 21.4. The molecule has 0 unspecified atom stereocenters. The first-order chi connectivity index (χ1) is 14.4. The van der Waals surface area contributed by atoms with Crippen LogP contribution in [0.5, 0.6) is 0 Å². The van der Waals surface area contributed by atoms with E-state index < -0.39 is 11.2 Å². The minimum Gasteiger partial charge on any atom is -0.383 e. The summed E-state index contributed by atoms with van der Waals surface area (Å²) in [6, 6.07) is 8.33. The summed E-state index contributed by atoms with van der Waals surface area (Å²) in [6.45, 7) is 4.86. The van der Waals surface area contributed by atoms with Gasteiger partial charge in [-0.3, -0.25) is 19.1 Å². The number of rotatable bonds is 5. The fourth-order valence-corrected chi connectivity index (χ4v) is 4.19. The minimum atomic E-state index is -0.528. The molecule has 7 nitrogen and oxygen atoms in total. The molecule has 0 aliphatic heterocycles. The molecule has 0 saturated carbocycles. The van der Waals surface area contributed by atoms with Gasteiger partial charge in [-0.2, -0.15) is 0 Å². The maximum atomic E-state index is 12.9. The number of carbonyl (C=O) groups is 1. The summed E-state index contributed by atoms with van der Waals surface area (Å²) in [5.41, 5.74) is 2.73. The third-order valence-corrected chi connectivity index (χ3v) is 5.89. The molecule has 2 aromatic heterocycles. The lowest BCUT2D eigenvalue weighted by Crippen LogP contribution is -2.33. The van der Waals surface area contributed by atoms with Crippen molar-refractivity contribution in [2.75, 3.05) is 13.7 Å². The van der Waals surface area contributed by atoms with Crippen LogP contribution in [-0.4, -0.2) is 34.0 Å². The fourth-order valence-electron chi connectivity index (χ4n) is 4.19. The Morgan fingerprint density at radius 1 is 1.17 bits per heavy atom. The smallest absolute Gasteiger partial charge is 0.330 e. The first-order valence-corrected chi connectivity index (χ1v) is 10.2. The Morgan fingerprint density at radius 3 is 2.57 bits per heavy atom. The molecule has 0 bridgehead atoms. The van der Waals surface area contributed by atoms with Crippen molar-refractivity contribution in [3.8, 4) is 0 Å². The zero-order valence-electron chi connectivity index (χ0n) is 17.4. The molecule has 1 aromatic carbocycles. The van der Waals surface area contributed by atoms with Crippen molar-refractivity contribution in [3.63, 3.8) is 0 Å². The van der Waals surface area contributed by atoms with Crippen LogP contribution < -0.4 is 11.2 Å². The third-order valence-electron chi connectivity index (χ3n) is 5.89. The Kier molecular flexibility index (Phi) is 5.39. The maximum absolute atomic E-state index is 12.9. The quantitative estimate of drug-likeness (QED) is 0.702. The van der Waals surface area contributed by atoms with E-state index in [-0.39, 0.29) is 18.2 Å². The van der Waals surface area contributed by atoms with Crippen molar-refractivity contribution in [1.82, 2.24) is 14.5 Å². The van der Waals surface area contributed by atoms with Gasteiger partial charge in [0.05, 0.1) is 18.5 Å². The summed E-state index contributed by atoms with van der Waals surface area (Å²) in [4.78, 5) is 44.6. The second-order valence-corrected chi connectivity index (χ2v) is 8.10. The van der Waals surface area contributed by atoms with Crippen molar-refractivity contribution < 1.29 is 9.53 Å². The highest BCUT2D eigenvalue weighted by Gasteiger charge is 2.30. The molecule has 0 radical (unpaired) electrons. The van der Waals surface area contributed by atoms with E-state index in [1.165, 1.54) is 16.3 Å². The number of ketones is 1. The SMILES string of the molecule is COCCn1c(=O)[nH]c(=O)c2c3c(cnc21)C(=O)C[C@@H](c1ccc(C(C)C)cc1)C3. The lowest BCUT2D eigenvalue weighted by molar-refractivity contribution is 0.0964. The highest BCUT2D eigenvalue weighted by molar-refractivity contribution is 6.02. The van der Waals surface area contributed by atoms with E-state index >= 15 is 0 Å². The van der Waals surface area contributed by atoms with Gasteiger partial charge in [-0.15, -0.1) is 0 Å². The van der Waals surface area contributed by atoms with E-state index in [1.807, 2.05) is 0 Å². The second kappa shape index (κ2) is 7.99. The molecule has 156 valence electrons. The average molecular weight is 407 g/mol. The largest absolute Gasteiger partial charge is 0.383 e. The lowest BCUT2D eigenvalue weighted by Gasteiger charge is -2.25. The lowest BCUT2D eigenvalue weighted by atomic mass is 9.79. The van der Waals surface area contributed by atoms with Crippen LogP contribution in [0.1, 0.15) is 59.2 Å². The molecule has 4 rings (SSSR count). The van der Waals surface area contributed by atoms with E-state index in [1.54, 1.807) is 7.11 Å². The average Bonchev–Trinajstić information content (AvgIpc) is 2.73. The number of nitrogens with one attached hydrogen (secondary N) is 1. The predicted octanol–water partition coefficient (Wildman–Crippen LogP) is 2.77. The molecule has 1 aliphatic rings. The highest BCUT2D eigenvalue weighted by Crippen LogP contribution is 2.35. The van der Waals surface area contributed by atoms with Gasteiger partial charge in [-0.1, -0.05) is 38.1 Å². The van der Waals surface area contributed by atoms with Crippen LogP contribution in [0.4, 0.5) is 0 Å². The van der Waals surface area contributed by atoms with Crippen molar-refractivity contribution in [1.29, 1.82) is 0 Å². The number of carbonyl (C=O) groups excluding carboxylic acids is 1. The van der Waals surface area contributed by atoms with Gasteiger partial charge >= 0.3 is 5.69 Å². The number of fused-ring (bicyclic) bond motifs is 3. The van der Waals surface area contributed by atoms with Crippen LogP contribution in [0, 0.1) is 0 Å². The molecule has 0 amide bonds. The van der Waals surface area contributed by atoms with Crippen molar-refractivity contribution in [2.45, 2.75) is 45.1 Å². The summed E-state index contributed by atoms with van der Waals surface area (Å²) in [6.07, 6.45) is 2.43. The van der Waals surface area contributed by atoms with Gasteiger partial charge in [0.2, 0.25) is 0 Å². The predicted molar refractivity (Wildman–Crippen MR) is 114 cm³/mol. The zero-order valence-corrected chi connectivity index (χ0v) is 17.4. The van der Waals surface area contributed by atoms with Gasteiger partial charge in [0.15, 0.2) is 5.78 Å². The molecule has 1 aliphatic carbocycles. The van der Waals surface area contributed by atoms with Crippen LogP contribution in [0.15, 0.2) is 40.1 Å². The first-order valence-electron chi connectivity index (χ1n) is 10.2. The number of pyridine rings is 1. The number of aromatic nitrogens is 3. The fraction of sp³-hybridized carbons (Fsp3) is 0.391. The molecular formula is C23H25N3O4. The molecule has 7 heteroatoms. The van der Waals surface area contributed by atoms with Gasteiger partial charge < -0.3 is 4.74 Å². The molecule has 0 saturated heterocycles. The Hall–Kier alpha value is -3.06. The van der Waals surface area contributed by atoms with Crippen molar-refractivity contribution >= 4 is 16.8 Å². The molecule has 30 heavy (non-hydrogen) atoms. The Bertz CT molecular complexity index is 1220. The molecule has 3 aromatic rings. The Labute approximate surface area is 173 Å². The van der Waals surface area contributed by atoms with Crippen LogP contribution in [0.25, 0.3) is 11.0 Å². The van der Waals surface area contributed by atoms with Crippen LogP contribution in [-0.2, 0) is 17.7 Å². The molecule has 2 heterocycles. The number of H-pyrrole nitrogens is 1. The number of hydrogen-bond donors (Lipinski definition) is 1. The standard InChI is InChI=1S/C23H25N3O4/c1-13(2)14-4-6-15(7-5-14)16-10-17-18(19(27)11-16)12-24-21-20(17)22(28)25-23(29)26(21)8-9-30-3/h4-7,12-13,16H,8-11H2,1-3H3,(H,25,28,29)/t16-/m0/s1. The minimum absolute atomic E-state index is 0.0180. The normalized spacial score (nSPS) is 16.3. The first kappa shape index (κ1) is 20.2. The Morgan fingerprint density at radius 2 is 1.90 bits per heavy atom. The number of aromatic amines is 1. The maximum Gasteiger partial charge on any atom is 0.330 e. The topological polar surface area (TPSA) is 94.1 Å². The summed E-state index contributed by atoms with van der Waals surface area (Å²) < 4.78 is 6.47. The third kappa shape index (κ3) is 3.50. The number of benzene rings is 1. The van der Waals surface area contributed by atoms with E-state index in [0.29, 0.717) is 47.5 Å². The van der Waals surface area contributed by atoms with Crippen LogP contribution in [0.2, 0.25) is 0 Å². The summed E-state index contributed by atoms with van der Waals surface area (Å²) in [5.74, 6) is 0.387. The molecule has 0 fully saturated rings. The number of nitrogens with zero attached hydrogens (tertiary/aromatic N) is 2. The van der Waals surface area contributed by atoms with Crippen LogP contribution in [0.3, 0.4) is 0 Å². The van der Waals surface area contributed by atoms with Gasteiger partial charge in [0.1, 0.15) is 5.65 Å². The van der Waals surface area contributed by atoms with Gasteiger partial charge in [0.25, 0.3) is 5.56 Å². The molecule has 1 atom stereocenters. The molecule has 0 spiro atoms. The molecule has 1 N–H and O–H groups in total. The summed E-state index contributed by atoms with van der Waals surface area (Å²) in [5, 5.41) is 0.319. The van der Waals surface area contributed by atoms with E-state index in [0.717, 1.165) is 5.56 Å². The van der Waals surface area contributed by atoms with Gasteiger partial charge in [-0.05, 0) is 34.9 Å². The summed E-state index contributed by atoms with van der Waals surface area (Å²) in [7, 11) is 1.54. The molecular weight excluding hydrogens is 382 g/mol. The van der Waals surface area contributed by atoms with E-state index in [4.69, 9.17) is 4.74 Å². The number of Topliss-reactive ketones (excluding diaryl/α,β-unsaturated/α-hetero) is 1. The van der Waals surface area contributed by atoms with Crippen molar-refractivity contribution in [3.05, 3.63) is 73.6 Å². The second-order valence-electron chi connectivity index (χ2n) is 8.10. The Balaban J connectivity index is 1.83. The van der Waals surface area contributed by atoms with Gasteiger partial charge in [0, 0.05) is 25.3 Å². The van der Waals surface area contributed by atoms with Crippen LogP contribution >= 0.6 is 0 Å². The highest BCUT2D eigenvalue weighted by atomic mass is 16.5. The monoisotopic (exact) mass is 407 g/mol. The number of ether oxygens (including phenoxy) is 1. The van der Waals surface area contributed by atoms with E-state index in [9.17, 15) is 14.4 Å². The summed E-state index contributed by atoms with van der Waals surface area (Å²) >= 11 is 0. The van der Waals surface area contributed by atoms with E-state index in [2.05, 4.69) is 48.1 Å². The van der Waals surface area contributed by atoms with Crippen molar-refractivity contribution in [2.24, 2.45) is 0 Å². The van der Waals surface area contributed by atoms with Gasteiger partial charge in [-0.25, -0.2) is 9.78 Å².